The van der Waals surface area contributed by atoms with Gasteiger partial charge in [0.1, 0.15) is 0 Å². The van der Waals surface area contributed by atoms with Gasteiger partial charge in [0.15, 0.2) is 5.69 Å². The van der Waals surface area contributed by atoms with Crippen LogP contribution in [0.5, 0.6) is 0 Å². The summed E-state index contributed by atoms with van der Waals surface area (Å²) in [6.07, 6.45) is 1.49. The van der Waals surface area contributed by atoms with Gasteiger partial charge in [0.2, 0.25) is 0 Å². The molecule has 1 heterocycles. The molecule has 3 aromatic rings. The second-order valence-corrected chi connectivity index (χ2v) is 5.61. The van der Waals surface area contributed by atoms with Gasteiger partial charge in [-0.15, -0.1) is 0 Å². The van der Waals surface area contributed by atoms with Gasteiger partial charge in [-0.25, -0.2) is 9.48 Å². The molecule has 0 saturated heterocycles. The second kappa shape index (κ2) is 6.48. The molecule has 3 rings (SSSR count). The molecule has 25 heavy (non-hydrogen) atoms. The first-order valence-corrected chi connectivity index (χ1v) is 7.57. The Hall–Kier alpha value is -3.61. The molecule has 0 atom stereocenters. The zero-order valence-corrected chi connectivity index (χ0v) is 13.6. The van der Waals surface area contributed by atoms with Crippen molar-refractivity contribution in [2.75, 3.05) is 5.32 Å². The lowest BCUT2D eigenvalue weighted by Crippen LogP contribution is -2.22. The van der Waals surface area contributed by atoms with Crippen molar-refractivity contribution < 1.29 is 9.59 Å². The quantitative estimate of drug-likeness (QED) is 0.680. The molecule has 0 unspecified atom stereocenters. The summed E-state index contributed by atoms with van der Waals surface area (Å²) in [5.74, 6) is -0.751. The molecular weight excluding hydrogens is 318 g/mol. The highest BCUT2D eigenvalue weighted by atomic mass is 16.2. The smallest absolute Gasteiger partial charge is 0.316 e. The summed E-state index contributed by atoms with van der Waals surface area (Å²) >= 11 is 0. The standard InChI is InChI=1S/C18H17N5O2/c1-11-3-2-4-13(9-11)12-5-7-14(8-6-12)23-10-15(21-18(20)25)16(22-23)17(19)24/h2-10H,1H3,(H2,19,24)(H3,20,21,25). The third kappa shape index (κ3) is 3.50. The molecule has 0 aliphatic rings. The summed E-state index contributed by atoms with van der Waals surface area (Å²) < 4.78 is 1.46. The molecule has 0 fully saturated rings. The van der Waals surface area contributed by atoms with Gasteiger partial charge in [-0.05, 0) is 30.2 Å². The number of hydrogen-bond donors (Lipinski definition) is 3. The highest BCUT2D eigenvalue weighted by molar-refractivity contribution is 6.00. The van der Waals surface area contributed by atoms with Crippen molar-refractivity contribution in [2.45, 2.75) is 6.92 Å². The predicted octanol–water partition coefficient (Wildman–Crippen LogP) is 2.44. The lowest BCUT2D eigenvalue weighted by atomic mass is 10.0. The molecule has 7 nitrogen and oxygen atoms in total. The van der Waals surface area contributed by atoms with Crippen LogP contribution in [-0.2, 0) is 0 Å². The topological polar surface area (TPSA) is 116 Å². The van der Waals surface area contributed by atoms with Crippen molar-refractivity contribution in [2.24, 2.45) is 11.5 Å². The largest absolute Gasteiger partial charge is 0.364 e. The number of hydrogen-bond acceptors (Lipinski definition) is 3. The number of rotatable bonds is 4. The van der Waals surface area contributed by atoms with E-state index in [1.54, 1.807) is 0 Å². The Morgan fingerprint density at radius 1 is 1.04 bits per heavy atom. The first-order chi connectivity index (χ1) is 11.9. The van der Waals surface area contributed by atoms with Crippen LogP contribution < -0.4 is 16.8 Å². The van der Waals surface area contributed by atoms with Crippen molar-refractivity contribution in [3.8, 4) is 16.8 Å². The van der Waals surface area contributed by atoms with Gasteiger partial charge in [-0.3, -0.25) is 4.79 Å². The number of urea groups is 1. The van der Waals surface area contributed by atoms with E-state index in [0.29, 0.717) is 0 Å². The minimum atomic E-state index is -0.795. The Kier molecular flexibility index (Phi) is 4.21. The van der Waals surface area contributed by atoms with Crippen LogP contribution >= 0.6 is 0 Å². The van der Waals surface area contributed by atoms with Crippen LogP contribution in [-0.4, -0.2) is 21.7 Å². The molecule has 5 N–H and O–H groups in total. The summed E-state index contributed by atoms with van der Waals surface area (Å²) in [6.45, 7) is 2.04. The fourth-order valence-electron chi connectivity index (χ4n) is 2.54. The molecule has 126 valence electrons. The second-order valence-electron chi connectivity index (χ2n) is 5.61. The Balaban J connectivity index is 1.94. The van der Waals surface area contributed by atoms with Crippen LogP contribution in [0.2, 0.25) is 0 Å². The number of nitrogens with zero attached hydrogens (tertiary/aromatic N) is 2. The van der Waals surface area contributed by atoms with Crippen molar-refractivity contribution in [3.63, 3.8) is 0 Å². The monoisotopic (exact) mass is 335 g/mol. The molecule has 2 aromatic carbocycles. The average Bonchev–Trinajstić information content (AvgIpc) is 2.98. The molecule has 3 amide bonds. The minimum absolute atomic E-state index is 0.0541. The molecule has 0 radical (unpaired) electrons. The highest BCUT2D eigenvalue weighted by Gasteiger charge is 2.16. The molecule has 0 spiro atoms. The minimum Gasteiger partial charge on any atom is -0.364 e. The van der Waals surface area contributed by atoms with Gasteiger partial charge in [0, 0.05) is 0 Å². The summed E-state index contributed by atoms with van der Waals surface area (Å²) in [7, 11) is 0. The van der Waals surface area contributed by atoms with Gasteiger partial charge in [-0.2, -0.15) is 5.10 Å². The molecule has 1 aromatic heterocycles. The number of benzene rings is 2. The van der Waals surface area contributed by atoms with Gasteiger partial charge < -0.3 is 16.8 Å². The lowest BCUT2D eigenvalue weighted by molar-refractivity contribution is 0.0996. The lowest BCUT2D eigenvalue weighted by Gasteiger charge is -2.05. The Labute approximate surface area is 144 Å². The van der Waals surface area contributed by atoms with Gasteiger partial charge in [0.25, 0.3) is 5.91 Å². The van der Waals surface area contributed by atoms with Gasteiger partial charge in [0.05, 0.1) is 17.6 Å². The van der Waals surface area contributed by atoms with Crippen LogP contribution in [0.25, 0.3) is 16.8 Å². The zero-order chi connectivity index (χ0) is 18.0. The number of primary amides is 2. The number of nitrogens with two attached hydrogens (primary N) is 2. The highest BCUT2D eigenvalue weighted by Crippen LogP contribution is 2.23. The maximum absolute atomic E-state index is 11.5. The Morgan fingerprint density at radius 3 is 2.36 bits per heavy atom. The number of carbonyl (C=O) groups excluding carboxylic acids is 2. The zero-order valence-electron chi connectivity index (χ0n) is 13.6. The van der Waals surface area contributed by atoms with Gasteiger partial charge >= 0.3 is 6.03 Å². The van der Waals surface area contributed by atoms with Crippen molar-refractivity contribution in [3.05, 3.63) is 66.0 Å². The molecular formula is C18H17N5O2. The van der Waals surface area contributed by atoms with E-state index in [2.05, 4.69) is 16.5 Å². The third-order valence-electron chi connectivity index (χ3n) is 3.69. The SMILES string of the molecule is Cc1cccc(-c2ccc(-n3cc(NC(N)=O)c(C(N)=O)n3)cc2)c1. The Morgan fingerprint density at radius 2 is 1.76 bits per heavy atom. The fraction of sp³-hybridized carbons (Fsp3) is 0.0556. The number of carbonyl (C=O) groups is 2. The van der Waals surface area contributed by atoms with Crippen molar-refractivity contribution >= 4 is 17.6 Å². The summed E-state index contributed by atoms with van der Waals surface area (Å²) in [6, 6.07) is 15.0. The maximum atomic E-state index is 11.5. The third-order valence-corrected chi connectivity index (χ3v) is 3.69. The first-order valence-electron chi connectivity index (χ1n) is 7.57. The van der Waals surface area contributed by atoms with E-state index in [4.69, 9.17) is 11.5 Å². The summed E-state index contributed by atoms with van der Waals surface area (Å²) in [4.78, 5) is 22.5. The number of aromatic nitrogens is 2. The summed E-state index contributed by atoms with van der Waals surface area (Å²) in [5, 5.41) is 6.46. The number of amides is 3. The van der Waals surface area contributed by atoms with E-state index in [-0.39, 0.29) is 11.4 Å². The Bertz CT molecular complexity index is 944. The summed E-state index contributed by atoms with van der Waals surface area (Å²) in [5.41, 5.74) is 14.6. The van der Waals surface area contributed by atoms with Crippen LogP contribution in [0.15, 0.2) is 54.7 Å². The van der Waals surface area contributed by atoms with Crippen LogP contribution in [0.1, 0.15) is 16.1 Å². The van der Waals surface area contributed by atoms with Crippen molar-refractivity contribution in [1.82, 2.24) is 9.78 Å². The van der Waals surface area contributed by atoms with Crippen LogP contribution in [0.3, 0.4) is 0 Å². The van der Waals surface area contributed by atoms with E-state index in [0.717, 1.165) is 16.8 Å². The number of nitrogens with one attached hydrogen (secondary N) is 1. The van der Waals surface area contributed by atoms with E-state index in [9.17, 15) is 9.59 Å². The molecule has 0 aliphatic heterocycles. The normalized spacial score (nSPS) is 10.4. The van der Waals surface area contributed by atoms with Gasteiger partial charge in [-0.1, -0.05) is 42.0 Å². The first kappa shape index (κ1) is 16.3. The number of aryl methyl sites for hydroxylation is 1. The van der Waals surface area contributed by atoms with Crippen LogP contribution in [0.4, 0.5) is 10.5 Å². The average molecular weight is 335 g/mol. The van der Waals surface area contributed by atoms with E-state index in [1.165, 1.54) is 16.4 Å². The maximum Gasteiger partial charge on any atom is 0.316 e. The van der Waals surface area contributed by atoms with E-state index >= 15 is 0 Å². The molecule has 0 bridgehead atoms. The van der Waals surface area contributed by atoms with E-state index < -0.39 is 11.9 Å². The molecule has 7 heteroatoms. The number of anilines is 1. The van der Waals surface area contributed by atoms with E-state index in [1.807, 2.05) is 49.4 Å². The molecule has 0 saturated carbocycles. The predicted molar refractivity (Wildman–Crippen MR) is 95.5 cm³/mol. The fourth-order valence-corrected chi connectivity index (χ4v) is 2.54. The molecule has 0 aliphatic carbocycles. The van der Waals surface area contributed by atoms with Crippen molar-refractivity contribution in [1.29, 1.82) is 0 Å². The van der Waals surface area contributed by atoms with Crippen LogP contribution in [0, 0.1) is 6.92 Å².